The summed E-state index contributed by atoms with van der Waals surface area (Å²) in [5.41, 5.74) is 0. The van der Waals surface area contributed by atoms with Gasteiger partial charge in [-0.25, -0.2) is 0 Å². The SMILES string of the molecule is CC1CC(C)CN(S(=O)(=O)N(CC(=O)O)CC(=O)O)C1. The molecule has 2 N–H and O–H groups in total. The highest BCUT2D eigenvalue weighted by Gasteiger charge is 2.36. The number of piperidine rings is 1. The molecule has 1 fully saturated rings. The van der Waals surface area contributed by atoms with Crippen LogP contribution in [0.3, 0.4) is 0 Å². The molecule has 1 aliphatic heterocycles. The first-order chi connectivity index (χ1) is 9.12. The van der Waals surface area contributed by atoms with Gasteiger partial charge in [-0.05, 0) is 18.3 Å². The fraction of sp³-hybridized carbons (Fsp3) is 0.818. The standard InChI is InChI=1S/C11H20N2O6S/c1-8-3-9(2)5-12(4-8)20(18,19)13(6-10(14)15)7-11(16)17/h8-9H,3-7H2,1-2H3,(H,14,15)(H,16,17). The van der Waals surface area contributed by atoms with E-state index >= 15 is 0 Å². The van der Waals surface area contributed by atoms with Crippen molar-refractivity contribution < 1.29 is 28.2 Å². The Kier molecular flexibility index (Phi) is 5.49. The van der Waals surface area contributed by atoms with Crippen LogP contribution in [0.15, 0.2) is 0 Å². The summed E-state index contributed by atoms with van der Waals surface area (Å²) < 4.78 is 26.4. The number of hydrogen-bond acceptors (Lipinski definition) is 4. The van der Waals surface area contributed by atoms with E-state index in [1.807, 2.05) is 13.8 Å². The Hall–Kier alpha value is -1.19. The summed E-state index contributed by atoms with van der Waals surface area (Å²) in [6.45, 7) is 2.68. The van der Waals surface area contributed by atoms with Gasteiger partial charge < -0.3 is 10.2 Å². The van der Waals surface area contributed by atoms with E-state index in [1.54, 1.807) is 0 Å². The minimum Gasteiger partial charge on any atom is -0.480 e. The molecule has 0 bridgehead atoms. The van der Waals surface area contributed by atoms with Crippen LogP contribution >= 0.6 is 0 Å². The van der Waals surface area contributed by atoms with Crippen molar-refractivity contribution in [3.8, 4) is 0 Å². The molecule has 0 spiro atoms. The summed E-state index contributed by atoms with van der Waals surface area (Å²) in [6, 6.07) is 0. The maximum Gasteiger partial charge on any atom is 0.318 e. The van der Waals surface area contributed by atoms with E-state index in [-0.39, 0.29) is 24.9 Å². The van der Waals surface area contributed by atoms with E-state index in [2.05, 4.69) is 0 Å². The lowest BCUT2D eigenvalue weighted by Crippen LogP contribution is -2.51. The van der Waals surface area contributed by atoms with Gasteiger partial charge >= 0.3 is 11.9 Å². The van der Waals surface area contributed by atoms with Crippen LogP contribution < -0.4 is 0 Å². The van der Waals surface area contributed by atoms with Crippen LogP contribution in [0.1, 0.15) is 20.3 Å². The van der Waals surface area contributed by atoms with E-state index in [4.69, 9.17) is 10.2 Å². The first-order valence-corrected chi connectivity index (χ1v) is 7.71. The van der Waals surface area contributed by atoms with Gasteiger partial charge in [0.2, 0.25) is 0 Å². The van der Waals surface area contributed by atoms with Gasteiger partial charge in [-0.1, -0.05) is 13.8 Å². The Morgan fingerprint density at radius 3 is 1.85 bits per heavy atom. The number of carboxylic acid groups (broad SMARTS) is 2. The summed E-state index contributed by atoms with van der Waals surface area (Å²) in [5.74, 6) is -2.45. The van der Waals surface area contributed by atoms with Gasteiger partial charge in [0.15, 0.2) is 0 Å². The largest absolute Gasteiger partial charge is 0.480 e. The van der Waals surface area contributed by atoms with E-state index < -0.39 is 35.2 Å². The Morgan fingerprint density at radius 1 is 1.10 bits per heavy atom. The fourth-order valence-corrected chi connectivity index (χ4v) is 4.24. The minimum absolute atomic E-state index is 0.157. The molecule has 0 aromatic heterocycles. The molecular formula is C11H20N2O6S. The van der Waals surface area contributed by atoms with E-state index in [0.717, 1.165) is 6.42 Å². The van der Waals surface area contributed by atoms with Crippen LogP contribution in [0.25, 0.3) is 0 Å². The Balaban J connectivity index is 2.96. The van der Waals surface area contributed by atoms with Crippen LogP contribution in [-0.4, -0.2) is 65.4 Å². The topological polar surface area (TPSA) is 115 Å². The molecule has 2 unspecified atom stereocenters. The van der Waals surface area contributed by atoms with Crippen LogP contribution in [0.4, 0.5) is 0 Å². The summed E-state index contributed by atoms with van der Waals surface area (Å²) in [4.78, 5) is 21.5. The van der Waals surface area contributed by atoms with Crippen molar-refractivity contribution in [1.82, 2.24) is 8.61 Å². The predicted octanol–water partition coefficient (Wildman–Crippen LogP) is -0.320. The normalized spacial score (nSPS) is 24.8. The maximum absolute atomic E-state index is 12.4. The second kappa shape index (κ2) is 6.51. The van der Waals surface area contributed by atoms with Gasteiger partial charge in [0.25, 0.3) is 10.2 Å². The molecule has 1 rings (SSSR count). The summed E-state index contributed by atoms with van der Waals surface area (Å²) >= 11 is 0. The Labute approximate surface area is 118 Å². The number of nitrogens with zero attached hydrogens (tertiary/aromatic N) is 2. The number of rotatable bonds is 6. The molecule has 0 aromatic rings. The van der Waals surface area contributed by atoms with Crippen LogP contribution in [-0.2, 0) is 19.8 Å². The molecule has 0 aromatic carbocycles. The first-order valence-electron chi connectivity index (χ1n) is 6.31. The number of hydrogen-bond donors (Lipinski definition) is 2. The molecule has 20 heavy (non-hydrogen) atoms. The molecule has 0 radical (unpaired) electrons. The summed E-state index contributed by atoms with van der Waals surface area (Å²) in [6.07, 6.45) is 0.893. The zero-order chi connectivity index (χ0) is 15.5. The quantitative estimate of drug-likeness (QED) is 0.695. The third kappa shape index (κ3) is 4.43. The van der Waals surface area contributed by atoms with Crippen molar-refractivity contribution in [3.05, 3.63) is 0 Å². The van der Waals surface area contributed by atoms with Gasteiger partial charge in [-0.2, -0.15) is 17.0 Å². The van der Waals surface area contributed by atoms with Crippen molar-refractivity contribution in [1.29, 1.82) is 0 Å². The van der Waals surface area contributed by atoms with Crippen LogP contribution in [0, 0.1) is 11.8 Å². The molecule has 2 atom stereocenters. The van der Waals surface area contributed by atoms with E-state index in [0.29, 0.717) is 4.31 Å². The molecule has 0 amide bonds. The number of aliphatic carboxylic acids is 2. The molecule has 1 heterocycles. The Morgan fingerprint density at radius 2 is 1.50 bits per heavy atom. The van der Waals surface area contributed by atoms with Crippen molar-refractivity contribution in [2.45, 2.75) is 20.3 Å². The average Bonchev–Trinajstić information content (AvgIpc) is 2.25. The second-order valence-electron chi connectivity index (χ2n) is 5.33. The Bertz CT molecular complexity index is 451. The van der Waals surface area contributed by atoms with Crippen molar-refractivity contribution in [3.63, 3.8) is 0 Å². The molecule has 1 saturated heterocycles. The maximum atomic E-state index is 12.4. The van der Waals surface area contributed by atoms with Gasteiger partial charge in [0.05, 0.1) is 0 Å². The predicted molar refractivity (Wildman–Crippen MR) is 70.3 cm³/mol. The minimum atomic E-state index is -4.08. The number of carboxylic acids is 2. The van der Waals surface area contributed by atoms with Crippen LogP contribution in [0.2, 0.25) is 0 Å². The highest BCUT2D eigenvalue weighted by Crippen LogP contribution is 2.24. The lowest BCUT2D eigenvalue weighted by atomic mass is 9.94. The highest BCUT2D eigenvalue weighted by atomic mass is 32.2. The third-order valence-corrected chi connectivity index (χ3v) is 4.97. The van der Waals surface area contributed by atoms with Gasteiger partial charge in [-0.3, -0.25) is 9.59 Å². The zero-order valence-electron chi connectivity index (χ0n) is 11.5. The lowest BCUT2D eigenvalue weighted by molar-refractivity contribution is -0.139. The van der Waals surface area contributed by atoms with Crippen molar-refractivity contribution in [2.75, 3.05) is 26.2 Å². The molecule has 8 nitrogen and oxygen atoms in total. The second-order valence-corrected chi connectivity index (χ2v) is 7.25. The average molecular weight is 308 g/mol. The van der Waals surface area contributed by atoms with Crippen LogP contribution in [0.5, 0.6) is 0 Å². The van der Waals surface area contributed by atoms with Gasteiger partial charge in [0, 0.05) is 13.1 Å². The fourth-order valence-electron chi connectivity index (χ4n) is 2.48. The number of carbonyl (C=O) groups is 2. The highest BCUT2D eigenvalue weighted by molar-refractivity contribution is 7.86. The molecule has 116 valence electrons. The van der Waals surface area contributed by atoms with Gasteiger partial charge in [-0.15, -0.1) is 0 Å². The van der Waals surface area contributed by atoms with Gasteiger partial charge in [0.1, 0.15) is 13.1 Å². The molecule has 9 heteroatoms. The monoisotopic (exact) mass is 308 g/mol. The first kappa shape index (κ1) is 16.9. The zero-order valence-corrected chi connectivity index (χ0v) is 12.3. The molecule has 0 aliphatic carbocycles. The summed E-state index contributed by atoms with van der Waals surface area (Å²) in [5, 5.41) is 17.5. The van der Waals surface area contributed by atoms with E-state index in [1.165, 1.54) is 4.31 Å². The van der Waals surface area contributed by atoms with Crippen molar-refractivity contribution >= 4 is 22.1 Å². The smallest absolute Gasteiger partial charge is 0.318 e. The lowest BCUT2D eigenvalue weighted by Gasteiger charge is -2.36. The molecule has 0 saturated carbocycles. The summed E-state index contributed by atoms with van der Waals surface area (Å²) in [7, 11) is -4.08. The molecule has 1 aliphatic rings. The van der Waals surface area contributed by atoms with Crippen molar-refractivity contribution in [2.24, 2.45) is 11.8 Å². The third-order valence-electron chi connectivity index (χ3n) is 3.11. The van der Waals surface area contributed by atoms with E-state index in [9.17, 15) is 18.0 Å². The molecular weight excluding hydrogens is 288 g/mol.